The molecule has 25 heavy (non-hydrogen) atoms. The maximum atomic E-state index is 12.2. The number of methoxy groups -OCH3 is 1. The van der Waals surface area contributed by atoms with Gasteiger partial charge in [0.05, 0.1) is 18.8 Å². The number of allylic oxidation sites excluding steroid dienone is 1. The van der Waals surface area contributed by atoms with E-state index in [4.69, 9.17) is 14.2 Å². The Morgan fingerprint density at radius 3 is 2.36 bits per heavy atom. The monoisotopic (exact) mass is 369 g/mol. The maximum Gasteiger partial charge on any atom is 0.348 e. The van der Waals surface area contributed by atoms with Crippen molar-refractivity contribution < 1.29 is 28.6 Å². The van der Waals surface area contributed by atoms with Gasteiger partial charge >= 0.3 is 11.9 Å². The van der Waals surface area contributed by atoms with Gasteiger partial charge in [-0.2, -0.15) is 0 Å². The third-order valence-corrected chi connectivity index (χ3v) is 4.18. The summed E-state index contributed by atoms with van der Waals surface area (Å²) in [6, 6.07) is 0. The molecule has 7 nitrogen and oxygen atoms in total. The highest BCUT2D eigenvalue weighted by molar-refractivity contribution is 7.18. The Morgan fingerprint density at radius 1 is 1.12 bits per heavy atom. The van der Waals surface area contributed by atoms with E-state index < -0.39 is 11.9 Å². The average Bonchev–Trinajstić information content (AvgIpc) is 2.83. The molecule has 1 aromatic rings. The van der Waals surface area contributed by atoms with E-state index in [0.29, 0.717) is 5.56 Å². The summed E-state index contributed by atoms with van der Waals surface area (Å²) in [5.74, 6) is -1.56. The molecule has 0 bridgehead atoms. The minimum absolute atomic E-state index is 0.0981. The first kappa shape index (κ1) is 20.9. The van der Waals surface area contributed by atoms with Gasteiger partial charge in [0, 0.05) is 13.2 Å². The minimum Gasteiger partial charge on any atom is -0.462 e. The van der Waals surface area contributed by atoms with Gasteiger partial charge < -0.3 is 19.5 Å². The van der Waals surface area contributed by atoms with Gasteiger partial charge in [-0.1, -0.05) is 5.57 Å². The lowest BCUT2D eigenvalue weighted by Gasteiger charge is -2.06. The number of thiophene rings is 1. The third kappa shape index (κ3) is 5.99. The van der Waals surface area contributed by atoms with E-state index in [0.717, 1.165) is 16.9 Å². The number of hydrogen-bond acceptors (Lipinski definition) is 7. The zero-order valence-electron chi connectivity index (χ0n) is 15.1. The molecule has 1 heterocycles. The molecule has 0 aliphatic rings. The minimum atomic E-state index is -0.598. The van der Waals surface area contributed by atoms with Crippen LogP contribution in [0.3, 0.4) is 0 Å². The summed E-state index contributed by atoms with van der Waals surface area (Å²) in [5, 5.41) is 2.90. The molecule has 1 rings (SSSR count). The van der Waals surface area contributed by atoms with Gasteiger partial charge in [0.15, 0.2) is 0 Å². The molecule has 0 aliphatic carbocycles. The summed E-state index contributed by atoms with van der Waals surface area (Å²) in [7, 11) is 1.50. The highest BCUT2D eigenvalue weighted by Gasteiger charge is 2.27. The van der Waals surface area contributed by atoms with Gasteiger partial charge in [0.1, 0.15) is 16.5 Å². The predicted octanol–water partition coefficient (Wildman–Crippen LogP) is 2.94. The molecule has 0 aromatic carbocycles. The Hall–Kier alpha value is -2.19. The van der Waals surface area contributed by atoms with E-state index in [-0.39, 0.29) is 41.2 Å². The second kappa shape index (κ2) is 9.95. The molecule has 1 aromatic heterocycles. The Kier molecular flexibility index (Phi) is 8.30. The highest BCUT2D eigenvalue weighted by atomic mass is 32.1. The van der Waals surface area contributed by atoms with Gasteiger partial charge in [-0.3, -0.25) is 4.79 Å². The van der Waals surface area contributed by atoms with Gasteiger partial charge in [-0.15, -0.1) is 11.3 Å². The molecule has 0 fully saturated rings. The van der Waals surface area contributed by atoms with Crippen molar-refractivity contribution in [2.75, 3.05) is 32.2 Å². The first-order valence-corrected chi connectivity index (χ1v) is 8.55. The Balaban J connectivity index is 3.18. The molecule has 0 saturated carbocycles. The maximum absolute atomic E-state index is 12.2. The number of anilines is 1. The van der Waals surface area contributed by atoms with Crippen molar-refractivity contribution in [3.05, 3.63) is 27.7 Å². The lowest BCUT2D eigenvalue weighted by Crippen LogP contribution is -2.13. The van der Waals surface area contributed by atoms with Crippen LogP contribution in [0.2, 0.25) is 0 Å². The van der Waals surface area contributed by atoms with Crippen LogP contribution in [-0.4, -0.2) is 44.8 Å². The van der Waals surface area contributed by atoms with Crippen molar-refractivity contribution in [3.63, 3.8) is 0 Å². The van der Waals surface area contributed by atoms with Crippen LogP contribution in [0.4, 0.5) is 5.00 Å². The van der Waals surface area contributed by atoms with Crippen LogP contribution < -0.4 is 5.32 Å². The molecule has 0 aliphatic heterocycles. The fourth-order valence-corrected chi connectivity index (χ4v) is 3.03. The first-order valence-electron chi connectivity index (χ1n) is 7.74. The van der Waals surface area contributed by atoms with Gasteiger partial charge in [0.25, 0.3) is 0 Å². The SMILES string of the molecule is CCOC(=O)c1c(NC(=O)C=C(C)C)sc(C(=O)OCCOC)c1C. The zero-order chi connectivity index (χ0) is 19.0. The molecular formula is C17H23NO6S. The summed E-state index contributed by atoms with van der Waals surface area (Å²) in [6.07, 6.45) is 1.40. The smallest absolute Gasteiger partial charge is 0.348 e. The fraction of sp³-hybridized carbons (Fsp3) is 0.471. The van der Waals surface area contributed by atoms with E-state index in [1.165, 1.54) is 13.2 Å². The Morgan fingerprint density at radius 2 is 1.80 bits per heavy atom. The van der Waals surface area contributed by atoms with Crippen LogP contribution in [0.25, 0.3) is 0 Å². The van der Waals surface area contributed by atoms with Gasteiger partial charge in [-0.05, 0) is 33.3 Å². The van der Waals surface area contributed by atoms with Crippen molar-refractivity contribution in [1.82, 2.24) is 0 Å². The molecule has 0 unspecified atom stereocenters. The van der Waals surface area contributed by atoms with Crippen molar-refractivity contribution in [2.24, 2.45) is 0 Å². The second-order valence-electron chi connectivity index (χ2n) is 5.32. The largest absolute Gasteiger partial charge is 0.462 e. The van der Waals surface area contributed by atoms with Crippen LogP contribution in [-0.2, 0) is 19.0 Å². The molecule has 0 atom stereocenters. The topological polar surface area (TPSA) is 90.9 Å². The second-order valence-corrected chi connectivity index (χ2v) is 6.34. The quantitative estimate of drug-likeness (QED) is 0.430. The average molecular weight is 369 g/mol. The van der Waals surface area contributed by atoms with E-state index in [1.54, 1.807) is 27.7 Å². The van der Waals surface area contributed by atoms with Crippen molar-refractivity contribution in [1.29, 1.82) is 0 Å². The first-order chi connectivity index (χ1) is 11.8. The van der Waals surface area contributed by atoms with Crippen molar-refractivity contribution in [2.45, 2.75) is 27.7 Å². The molecular weight excluding hydrogens is 346 g/mol. The summed E-state index contributed by atoms with van der Waals surface area (Å²) in [4.78, 5) is 36.7. The van der Waals surface area contributed by atoms with E-state index in [9.17, 15) is 14.4 Å². The summed E-state index contributed by atoms with van der Waals surface area (Å²) in [6.45, 7) is 7.41. The fourth-order valence-electron chi connectivity index (χ4n) is 1.94. The summed E-state index contributed by atoms with van der Waals surface area (Å²) >= 11 is 0.984. The summed E-state index contributed by atoms with van der Waals surface area (Å²) in [5.41, 5.74) is 1.39. The molecule has 8 heteroatoms. The lowest BCUT2D eigenvalue weighted by atomic mass is 10.1. The molecule has 0 spiro atoms. The zero-order valence-corrected chi connectivity index (χ0v) is 15.9. The van der Waals surface area contributed by atoms with Crippen LogP contribution in [0.5, 0.6) is 0 Å². The number of ether oxygens (including phenoxy) is 3. The number of amides is 1. The number of carbonyl (C=O) groups excluding carboxylic acids is 3. The highest BCUT2D eigenvalue weighted by Crippen LogP contribution is 2.34. The number of carbonyl (C=O) groups is 3. The van der Waals surface area contributed by atoms with E-state index >= 15 is 0 Å². The van der Waals surface area contributed by atoms with Crippen LogP contribution in [0.1, 0.15) is 46.4 Å². The van der Waals surface area contributed by atoms with E-state index in [1.807, 2.05) is 0 Å². The molecule has 0 saturated heterocycles. The third-order valence-electron chi connectivity index (χ3n) is 2.99. The van der Waals surface area contributed by atoms with Crippen molar-refractivity contribution in [3.8, 4) is 0 Å². The predicted molar refractivity (Wildman–Crippen MR) is 95.2 cm³/mol. The Labute approximate surface area is 151 Å². The number of rotatable bonds is 8. The molecule has 138 valence electrons. The van der Waals surface area contributed by atoms with Crippen LogP contribution in [0.15, 0.2) is 11.6 Å². The summed E-state index contributed by atoms with van der Waals surface area (Å²) < 4.78 is 15.0. The Bertz CT molecular complexity index is 673. The molecule has 1 amide bonds. The van der Waals surface area contributed by atoms with Crippen molar-refractivity contribution >= 4 is 34.2 Å². The van der Waals surface area contributed by atoms with Gasteiger partial charge in [0.2, 0.25) is 5.91 Å². The number of esters is 2. The standard InChI is InChI=1S/C17H23NO6S/c1-6-23-16(20)13-11(4)14(17(21)24-8-7-22-5)25-15(13)18-12(19)9-10(2)3/h9H,6-8H2,1-5H3,(H,18,19). The van der Waals surface area contributed by atoms with E-state index in [2.05, 4.69) is 5.32 Å². The van der Waals surface area contributed by atoms with Gasteiger partial charge in [-0.25, -0.2) is 9.59 Å². The van der Waals surface area contributed by atoms with Crippen LogP contribution in [0, 0.1) is 6.92 Å². The van der Waals surface area contributed by atoms with Crippen LogP contribution >= 0.6 is 11.3 Å². The molecule has 0 radical (unpaired) electrons. The normalized spacial score (nSPS) is 10.1. The molecule has 1 N–H and O–H groups in total. The number of hydrogen-bond donors (Lipinski definition) is 1. The number of nitrogens with one attached hydrogen (secondary N) is 1. The lowest BCUT2D eigenvalue weighted by molar-refractivity contribution is -0.111.